The molecule has 0 saturated carbocycles. The summed E-state index contributed by atoms with van der Waals surface area (Å²) in [6.07, 6.45) is 0.400. The molecule has 0 aliphatic heterocycles. The summed E-state index contributed by atoms with van der Waals surface area (Å²) >= 11 is 0. The first kappa shape index (κ1) is 20.5. The molecular weight excluding hydrogens is 336 g/mol. The third-order valence-electron chi connectivity index (χ3n) is 4.23. The van der Waals surface area contributed by atoms with Gasteiger partial charge in [0.15, 0.2) is 5.96 Å². The van der Waals surface area contributed by atoms with E-state index in [1.807, 2.05) is 69.6 Å². The molecule has 0 aromatic heterocycles. The summed E-state index contributed by atoms with van der Waals surface area (Å²) in [6.45, 7) is 4.70. The Bertz CT molecular complexity index is 716. The van der Waals surface area contributed by atoms with Gasteiger partial charge in [-0.3, -0.25) is 9.79 Å². The summed E-state index contributed by atoms with van der Waals surface area (Å²) in [4.78, 5) is 20.8. The molecule has 0 unspecified atom stereocenters. The third-order valence-corrected chi connectivity index (χ3v) is 4.23. The molecule has 0 fully saturated rings. The predicted molar refractivity (Wildman–Crippen MR) is 111 cm³/mol. The Hall–Kier alpha value is -2.82. The number of hydrogen-bond acceptors (Lipinski definition) is 2. The summed E-state index contributed by atoms with van der Waals surface area (Å²) in [6, 6.07) is 20.3. The lowest BCUT2D eigenvalue weighted by atomic mass is 10.2. The molecule has 0 atom stereocenters. The molecule has 0 saturated heterocycles. The fourth-order valence-corrected chi connectivity index (χ4v) is 2.80. The van der Waals surface area contributed by atoms with Crippen LogP contribution >= 0.6 is 0 Å². The summed E-state index contributed by atoms with van der Waals surface area (Å²) in [5.74, 6) is 0.920. The molecule has 0 radical (unpaired) electrons. The lowest BCUT2D eigenvalue weighted by Gasteiger charge is -2.22. The molecule has 0 aliphatic carbocycles. The molecular formula is C22H30N4O. The molecule has 2 rings (SSSR count). The molecule has 0 heterocycles. The van der Waals surface area contributed by atoms with Gasteiger partial charge < -0.3 is 15.1 Å². The second-order valence-corrected chi connectivity index (χ2v) is 6.56. The van der Waals surface area contributed by atoms with Crippen LogP contribution in [0, 0.1) is 0 Å². The van der Waals surface area contributed by atoms with Crippen LogP contribution in [0.4, 0.5) is 0 Å². The van der Waals surface area contributed by atoms with Crippen molar-refractivity contribution in [1.29, 1.82) is 0 Å². The van der Waals surface area contributed by atoms with Crippen LogP contribution in [0.3, 0.4) is 0 Å². The summed E-state index contributed by atoms with van der Waals surface area (Å²) < 4.78 is 0. The van der Waals surface area contributed by atoms with Gasteiger partial charge in [-0.2, -0.15) is 0 Å². The van der Waals surface area contributed by atoms with E-state index in [0.717, 1.165) is 24.6 Å². The molecule has 144 valence electrons. The maximum absolute atomic E-state index is 12.4. The maximum atomic E-state index is 12.4. The number of carbonyl (C=O) groups excluding carboxylic acids is 1. The number of aliphatic imine (C=N–C) groups is 1. The largest absolute Gasteiger partial charge is 0.357 e. The van der Waals surface area contributed by atoms with Gasteiger partial charge in [-0.25, -0.2) is 0 Å². The fourth-order valence-electron chi connectivity index (χ4n) is 2.80. The number of nitrogens with zero attached hydrogens (tertiary/aromatic N) is 3. The molecule has 0 bridgehead atoms. The molecule has 2 aromatic carbocycles. The topological polar surface area (TPSA) is 47.9 Å². The van der Waals surface area contributed by atoms with Gasteiger partial charge >= 0.3 is 0 Å². The van der Waals surface area contributed by atoms with Crippen LogP contribution in [0.25, 0.3) is 0 Å². The van der Waals surface area contributed by atoms with Crippen LogP contribution in [0.1, 0.15) is 24.5 Å². The van der Waals surface area contributed by atoms with Crippen LogP contribution in [0.5, 0.6) is 0 Å². The number of benzene rings is 2. The Morgan fingerprint density at radius 3 is 1.93 bits per heavy atom. The van der Waals surface area contributed by atoms with Crippen molar-refractivity contribution in [1.82, 2.24) is 15.1 Å². The fraction of sp³-hybridized carbons (Fsp3) is 0.364. The Balaban J connectivity index is 1.87. The van der Waals surface area contributed by atoms with E-state index in [2.05, 4.69) is 27.3 Å². The number of carbonyl (C=O) groups is 1. The Morgan fingerprint density at radius 1 is 0.889 bits per heavy atom. The highest BCUT2D eigenvalue weighted by atomic mass is 16.2. The first-order valence-corrected chi connectivity index (χ1v) is 9.41. The minimum Gasteiger partial charge on any atom is -0.357 e. The van der Waals surface area contributed by atoms with Gasteiger partial charge in [0.1, 0.15) is 0 Å². The molecule has 0 spiro atoms. The smallest absolute Gasteiger partial charge is 0.224 e. The number of rotatable bonds is 8. The van der Waals surface area contributed by atoms with E-state index in [4.69, 9.17) is 0 Å². The summed E-state index contributed by atoms with van der Waals surface area (Å²) in [7, 11) is 3.85. The van der Waals surface area contributed by atoms with E-state index in [-0.39, 0.29) is 5.91 Å². The average Bonchev–Trinajstić information content (AvgIpc) is 2.68. The highest BCUT2D eigenvalue weighted by Gasteiger charge is 2.10. The minimum absolute atomic E-state index is 0.101. The Labute approximate surface area is 162 Å². The van der Waals surface area contributed by atoms with Gasteiger partial charge in [-0.1, -0.05) is 60.7 Å². The van der Waals surface area contributed by atoms with Crippen LogP contribution in [0.2, 0.25) is 0 Å². The Kier molecular flexibility index (Phi) is 8.36. The van der Waals surface area contributed by atoms with Gasteiger partial charge in [0.2, 0.25) is 5.91 Å². The zero-order chi connectivity index (χ0) is 19.5. The van der Waals surface area contributed by atoms with Crippen molar-refractivity contribution in [2.24, 2.45) is 4.99 Å². The molecule has 0 aliphatic rings. The summed E-state index contributed by atoms with van der Waals surface area (Å²) in [5, 5.41) is 3.30. The van der Waals surface area contributed by atoms with Gasteiger partial charge in [0.25, 0.3) is 0 Å². The highest BCUT2D eigenvalue weighted by Crippen LogP contribution is 2.05. The van der Waals surface area contributed by atoms with E-state index in [0.29, 0.717) is 19.5 Å². The average molecular weight is 367 g/mol. The van der Waals surface area contributed by atoms with Gasteiger partial charge in [0.05, 0.1) is 6.54 Å². The van der Waals surface area contributed by atoms with E-state index in [1.54, 1.807) is 4.90 Å². The quantitative estimate of drug-likeness (QED) is 0.577. The summed E-state index contributed by atoms with van der Waals surface area (Å²) in [5.41, 5.74) is 2.36. The first-order valence-electron chi connectivity index (χ1n) is 9.41. The van der Waals surface area contributed by atoms with Gasteiger partial charge in [-0.05, 0) is 18.1 Å². The third kappa shape index (κ3) is 7.13. The molecule has 1 amide bonds. The number of amides is 1. The standard InChI is InChI=1S/C22H30N4O/c1-4-23-22(26(3)18-20-13-9-6-10-14-20)24-16-15-21(27)25(2)17-19-11-7-5-8-12-19/h5-14H,4,15-18H2,1-3H3,(H,23,24). The van der Waals surface area contributed by atoms with Crippen molar-refractivity contribution >= 4 is 11.9 Å². The molecule has 2 aromatic rings. The van der Waals surface area contributed by atoms with Crippen molar-refractivity contribution in [3.63, 3.8) is 0 Å². The lowest BCUT2D eigenvalue weighted by molar-refractivity contribution is -0.130. The van der Waals surface area contributed by atoms with Crippen LogP contribution in [-0.4, -0.2) is 48.9 Å². The normalized spacial score (nSPS) is 11.1. The molecule has 1 N–H and O–H groups in total. The van der Waals surface area contributed by atoms with Crippen LogP contribution in [0.15, 0.2) is 65.7 Å². The van der Waals surface area contributed by atoms with Crippen molar-refractivity contribution < 1.29 is 4.79 Å². The van der Waals surface area contributed by atoms with Gasteiger partial charge in [-0.15, -0.1) is 0 Å². The van der Waals surface area contributed by atoms with E-state index >= 15 is 0 Å². The number of hydrogen-bond donors (Lipinski definition) is 1. The zero-order valence-corrected chi connectivity index (χ0v) is 16.6. The number of guanidine groups is 1. The minimum atomic E-state index is 0.101. The lowest BCUT2D eigenvalue weighted by Crippen LogP contribution is -2.38. The van der Waals surface area contributed by atoms with Crippen LogP contribution in [-0.2, 0) is 17.9 Å². The first-order chi connectivity index (χ1) is 13.1. The van der Waals surface area contributed by atoms with Crippen LogP contribution < -0.4 is 5.32 Å². The highest BCUT2D eigenvalue weighted by molar-refractivity contribution is 5.80. The second kappa shape index (κ2) is 11.0. The SMILES string of the molecule is CCNC(=NCCC(=O)N(C)Cc1ccccc1)N(C)Cc1ccccc1. The second-order valence-electron chi connectivity index (χ2n) is 6.56. The maximum Gasteiger partial charge on any atom is 0.224 e. The zero-order valence-electron chi connectivity index (χ0n) is 16.6. The van der Waals surface area contributed by atoms with E-state index in [1.165, 1.54) is 5.56 Å². The van der Waals surface area contributed by atoms with E-state index < -0.39 is 0 Å². The predicted octanol–water partition coefficient (Wildman–Crippen LogP) is 3.13. The van der Waals surface area contributed by atoms with Gasteiger partial charge in [0, 0.05) is 40.2 Å². The Morgan fingerprint density at radius 2 is 1.41 bits per heavy atom. The van der Waals surface area contributed by atoms with Crippen molar-refractivity contribution in [3.8, 4) is 0 Å². The molecule has 5 nitrogen and oxygen atoms in total. The van der Waals surface area contributed by atoms with Crippen molar-refractivity contribution in [3.05, 3.63) is 71.8 Å². The molecule has 5 heteroatoms. The monoisotopic (exact) mass is 366 g/mol. The van der Waals surface area contributed by atoms with E-state index in [9.17, 15) is 4.79 Å². The van der Waals surface area contributed by atoms with Crippen molar-refractivity contribution in [2.45, 2.75) is 26.4 Å². The number of nitrogens with one attached hydrogen (secondary N) is 1. The van der Waals surface area contributed by atoms with Crippen molar-refractivity contribution in [2.75, 3.05) is 27.2 Å². The molecule has 27 heavy (non-hydrogen) atoms.